The molecule has 0 bridgehead atoms. The van der Waals surface area contributed by atoms with E-state index >= 15 is 0 Å². The molecular weight excluding hydrogens is 240 g/mol. The van der Waals surface area contributed by atoms with Crippen molar-refractivity contribution in [2.45, 2.75) is 0 Å². The zero-order chi connectivity index (χ0) is 11.8. The van der Waals surface area contributed by atoms with Crippen LogP contribution in [0.15, 0.2) is 30.9 Å². The fourth-order valence-electron chi connectivity index (χ4n) is 1.58. The van der Waals surface area contributed by atoms with Gasteiger partial charge in [-0.15, -0.1) is 0 Å². The maximum Gasteiger partial charge on any atom is 0.168 e. The summed E-state index contributed by atoms with van der Waals surface area (Å²) >= 11 is 5.83. The standard InChI is InChI=1S/C10H7ClN6/c11-8-3-6(1-2-13-8)17-10-7(4-16-17)9(12)14-5-15-10/h1-5H,(H2,12,14,15). The summed E-state index contributed by atoms with van der Waals surface area (Å²) in [5.74, 6) is 0.404. The summed E-state index contributed by atoms with van der Waals surface area (Å²) < 4.78 is 1.64. The molecule has 7 heteroatoms. The van der Waals surface area contributed by atoms with E-state index in [4.69, 9.17) is 17.3 Å². The zero-order valence-corrected chi connectivity index (χ0v) is 9.33. The molecule has 17 heavy (non-hydrogen) atoms. The van der Waals surface area contributed by atoms with E-state index in [-0.39, 0.29) is 0 Å². The van der Waals surface area contributed by atoms with E-state index < -0.39 is 0 Å². The van der Waals surface area contributed by atoms with Crippen LogP contribution in [0.4, 0.5) is 5.82 Å². The minimum Gasteiger partial charge on any atom is -0.383 e. The molecule has 0 fully saturated rings. The van der Waals surface area contributed by atoms with Crippen LogP contribution in [0.3, 0.4) is 0 Å². The molecule has 3 rings (SSSR count). The molecule has 0 saturated heterocycles. The molecule has 6 nitrogen and oxygen atoms in total. The Hall–Kier alpha value is -2.21. The normalized spacial score (nSPS) is 10.9. The smallest absolute Gasteiger partial charge is 0.168 e. The Morgan fingerprint density at radius 2 is 2.12 bits per heavy atom. The molecule has 0 aliphatic carbocycles. The lowest BCUT2D eigenvalue weighted by Crippen LogP contribution is -1.99. The van der Waals surface area contributed by atoms with Gasteiger partial charge in [-0.05, 0) is 6.07 Å². The third kappa shape index (κ3) is 1.58. The fourth-order valence-corrected chi connectivity index (χ4v) is 1.74. The summed E-state index contributed by atoms with van der Waals surface area (Å²) in [7, 11) is 0. The highest BCUT2D eigenvalue weighted by Crippen LogP contribution is 2.20. The molecule has 0 unspecified atom stereocenters. The summed E-state index contributed by atoms with van der Waals surface area (Å²) in [6.07, 6.45) is 4.63. The Morgan fingerprint density at radius 1 is 1.24 bits per heavy atom. The van der Waals surface area contributed by atoms with Gasteiger partial charge in [-0.1, -0.05) is 11.6 Å². The number of hydrogen-bond donors (Lipinski definition) is 1. The molecule has 2 N–H and O–H groups in total. The lowest BCUT2D eigenvalue weighted by Gasteiger charge is -2.02. The van der Waals surface area contributed by atoms with E-state index in [0.717, 1.165) is 5.69 Å². The second-order valence-corrected chi connectivity index (χ2v) is 3.78. The van der Waals surface area contributed by atoms with Gasteiger partial charge < -0.3 is 5.73 Å². The molecule has 0 radical (unpaired) electrons. The molecule has 0 saturated carbocycles. The number of pyridine rings is 1. The van der Waals surface area contributed by atoms with Gasteiger partial charge in [0.15, 0.2) is 5.65 Å². The number of nitrogens with zero attached hydrogens (tertiary/aromatic N) is 5. The average molecular weight is 247 g/mol. The lowest BCUT2D eigenvalue weighted by molar-refractivity contribution is 0.892. The summed E-state index contributed by atoms with van der Waals surface area (Å²) in [4.78, 5) is 12.0. The number of nitrogens with two attached hydrogens (primary N) is 1. The Balaban J connectivity index is 2.28. The average Bonchev–Trinajstić information content (AvgIpc) is 2.74. The van der Waals surface area contributed by atoms with Crippen LogP contribution in [0.1, 0.15) is 0 Å². The molecular formula is C10H7ClN6. The Morgan fingerprint density at radius 3 is 2.94 bits per heavy atom. The first kappa shape index (κ1) is 9.98. The van der Waals surface area contributed by atoms with Gasteiger partial charge in [0, 0.05) is 12.3 Å². The van der Waals surface area contributed by atoms with Crippen molar-refractivity contribution in [3.8, 4) is 5.69 Å². The second kappa shape index (κ2) is 3.67. The fraction of sp³-hybridized carbons (Fsp3) is 0. The summed E-state index contributed by atoms with van der Waals surface area (Å²) in [5, 5.41) is 5.32. The van der Waals surface area contributed by atoms with Gasteiger partial charge in [0.05, 0.1) is 17.3 Å². The van der Waals surface area contributed by atoms with Crippen molar-refractivity contribution in [3.63, 3.8) is 0 Å². The van der Waals surface area contributed by atoms with Crippen molar-refractivity contribution >= 4 is 28.5 Å². The number of anilines is 1. The van der Waals surface area contributed by atoms with Crippen LogP contribution in [-0.2, 0) is 0 Å². The van der Waals surface area contributed by atoms with Crippen LogP contribution in [0, 0.1) is 0 Å². The van der Waals surface area contributed by atoms with Gasteiger partial charge in [-0.3, -0.25) is 0 Å². The van der Waals surface area contributed by atoms with E-state index in [0.29, 0.717) is 22.0 Å². The predicted molar refractivity (Wildman–Crippen MR) is 63.9 cm³/mol. The quantitative estimate of drug-likeness (QED) is 0.657. The van der Waals surface area contributed by atoms with Gasteiger partial charge in [-0.2, -0.15) is 5.10 Å². The number of fused-ring (bicyclic) bond motifs is 1. The molecule has 0 spiro atoms. The van der Waals surface area contributed by atoms with Crippen molar-refractivity contribution < 1.29 is 0 Å². The minimum atomic E-state index is 0.396. The predicted octanol–water partition coefficient (Wildman–Crippen LogP) is 1.45. The van der Waals surface area contributed by atoms with Gasteiger partial charge >= 0.3 is 0 Å². The van der Waals surface area contributed by atoms with Gasteiger partial charge in [0.25, 0.3) is 0 Å². The van der Waals surface area contributed by atoms with Gasteiger partial charge in [-0.25, -0.2) is 19.6 Å². The summed E-state index contributed by atoms with van der Waals surface area (Å²) in [5.41, 5.74) is 7.15. The van der Waals surface area contributed by atoms with Crippen LogP contribution >= 0.6 is 11.6 Å². The first-order chi connectivity index (χ1) is 8.25. The van der Waals surface area contributed by atoms with Crippen molar-refractivity contribution in [1.29, 1.82) is 0 Å². The molecule has 0 atom stereocenters. The summed E-state index contributed by atoms with van der Waals surface area (Å²) in [6, 6.07) is 3.49. The number of hydrogen-bond acceptors (Lipinski definition) is 5. The van der Waals surface area contributed by atoms with Gasteiger partial charge in [0.1, 0.15) is 17.3 Å². The van der Waals surface area contributed by atoms with Crippen molar-refractivity contribution in [3.05, 3.63) is 36.0 Å². The Kier molecular flexibility index (Phi) is 2.15. The summed E-state index contributed by atoms with van der Waals surface area (Å²) in [6.45, 7) is 0. The molecule has 3 aromatic rings. The van der Waals surface area contributed by atoms with Crippen LogP contribution in [0.5, 0.6) is 0 Å². The monoisotopic (exact) mass is 246 g/mol. The molecule has 0 aliphatic heterocycles. The molecule has 0 amide bonds. The lowest BCUT2D eigenvalue weighted by atomic mass is 10.4. The van der Waals surface area contributed by atoms with Crippen LogP contribution in [0.2, 0.25) is 5.15 Å². The molecule has 3 aromatic heterocycles. The van der Waals surface area contributed by atoms with E-state index in [1.807, 2.05) is 0 Å². The largest absolute Gasteiger partial charge is 0.383 e. The van der Waals surface area contributed by atoms with Gasteiger partial charge in [0.2, 0.25) is 0 Å². The molecule has 3 heterocycles. The Bertz CT molecular complexity index is 692. The highest BCUT2D eigenvalue weighted by Gasteiger charge is 2.09. The second-order valence-electron chi connectivity index (χ2n) is 3.39. The first-order valence-corrected chi connectivity index (χ1v) is 5.19. The van der Waals surface area contributed by atoms with E-state index in [2.05, 4.69) is 20.1 Å². The number of rotatable bonds is 1. The maximum absolute atomic E-state index is 5.83. The highest BCUT2D eigenvalue weighted by atomic mass is 35.5. The van der Waals surface area contributed by atoms with Crippen molar-refractivity contribution in [2.75, 3.05) is 5.73 Å². The Labute approximate surface area is 101 Å². The van der Waals surface area contributed by atoms with E-state index in [9.17, 15) is 0 Å². The van der Waals surface area contributed by atoms with E-state index in [1.165, 1.54) is 6.33 Å². The third-order valence-corrected chi connectivity index (χ3v) is 2.56. The molecule has 0 aliphatic rings. The minimum absolute atomic E-state index is 0.396. The SMILES string of the molecule is Nc1ncnc2c1cnn2-c1ccnc(Cl)c1. The number of aromatic nitrogens is 5. The van der Waals surface area contributed by atoms with Crippen LogP contribution < -0.4 is 5.73 Å². The van der Waals surface area contributed by atoms with Crippen molar-refractivity contribution in [2.24, 2.45) is 0 Å². The van der Waals surface area contributed by atoms with Crippen LogP contribution in [-0.4, -0.2) is 24.7 Å². The zero-order valence-electron chi connectivity index (χ0n) is 8.58. The first-order valence-electron chi connectivity index (χ1n) is 4.82. The number of halogens is 1. The molecule has 84 valence electrons. The highest BCUT2D eigenvalue weighted by molar-refractivity contribution is 6.29. The molecule has 0 aromatic carbocycles. The van der Waals surface area contributed by atoms with Crippen LogP contribution in [0.25, 0.3) is 16.7 Å². The topological polar surface area (TPSA) is 82.5 Å². The third-order valence-electron chi connectivity index (χ3n) is 2.35. The number of nitrogen functional groups attached to an aromatic ring is 1. The van der Waals surface area contributed by atoms with Crippen molar-refractivity contribution in [1.82, 2.24) is 24.7 Å². The maximum atomic E-state index is 5.83. The van der Waals surface area contributed by atoms with E-state index in [1.54, 1.807) is 29.2 Å².